The minimum Gasteiger partial charge on any atom is -0.492 e. The van der Waals surface area contributed by atoms with Crippen LogP contribution in [-0.4, -0.2) is 46.8 Å². The zero-order valence-corrected chi connectivity index (χ0v) is 18.9. The van der Waals surface area contributed by atoms with Crippen LogP contribution in [0.4, 0.5) is 18.9 Å². The van der Waals surface area contributed by atoms with Gasteiger partial charge in [-0.2, -0.15) is 18.3 Å². The van der Waals surface area contributed by atoms with E-state index in [1.54, 1.807) is 29.1 Å². The summed E-state index contributed by atoms with van der Waals surface area (Å²) in [6.45, 7) is 3.57. The van der Waals surface area contributed by atoms with Gasteiger partial charge >= 0.3 is 6.18 Å². The first-order valence-corrected chi connectivity index (χ1v) is 11.3. The molecule has 1 saturated heterocycles. The number of rotatable bonds is 7. The van der Waals surface area contributed by atoms with E-state index in [1.807, 2.05) is 13.1 Å². The van der Waals surface area contributed by atoms with Crippen LogP contribution in [0.25, 0.3) is 11.3 Å². The van der Waals surface area contributed by atoms with Crippen LogP contribution in [-0.2, 0) is 13.2 Å². The highest BCUT2D eigenvalue weighted by Gasteiger charge is 2.30. The summed E-state index contributed by atoms with van der Waals surface area (Å²) < 4.78 is 46.2. The number of amides is 1. The summed E-state index contributed by atoms with van der Waals surface area (Å²) in [6, 6.07) is 11.3. The molecule has 1 fully saturated rings. The number of anilines is 1. The molecular weight excluding hydrogens is 445 g/mol. The molecule has 34 heavy (non-hydrogen) atoms. The largest absolute Gasteiger partial charge is 0.492 e. The van der Waals surface area contributed by atoms with Crippen molar-refractivity contribution >= 4 is 11.6 Å². The molecular formula is C25H27F3N4O2. The predicted molar refractivity (Wildman–Crippen MR) is 124 cm³/mol. The fourth-order valence-corrected chi connectivity index (χ4v) is 4.05. The third-order valence-electron chi connectivity index (χ3n) is 5.92. The van der Waals surface area contributed by atoms with Crippen molar-refractivity contribution in [1.82, 2.24) is 14.7 Å². The van der Waals surface area contributed by atoms with Crippen LogP contribution in [0.15, 0.2) is 54.7 Å². The molecule has 1 aromatic heterocycles. The summed E-state index contributed by atoms with van der Waals surface area (Å²) in [5.74, 6) is 0.177. The summed E-state index contributed by atoms with van der Waals surface area (Å²) in [6.07, 6.45) is 0.944. The SMILES string of the molecule is Cn1nccc1-c1cc(NC(=O)c2ccc(C(F)(F)F)cc2)ccc1OCCN1CCCCC1. The van der Waals surface area contributed by atoms with Crippen molar-refractivity contribution in [1.29, 1.82) is 0 Å². The molecule has 6 nitrogen and oxygen atoms in total. The van der Waals surface area contributed by atoms with Gasteiger partial charge in [0, 0.05) is 36.6 Å². The first-order chi connectivity index (χ1) is 16.3. The number of likely N-dealkylation sites (tertiary alicyclic amines) is 1. The molecule has 180 valence electrons. The third kappa shape index (κ3) is 5.77. The standard InChI is InChI=1S/C25H27F3N4O2/c1-31-22(11-12-29-31)21-17-20(9-10-23(21)34-16-15-32-13-3-2-4-14-32)30-24(33)18-5-7-19(8-6-18)25(26,27)28/h5-12,17H,2-4,13-16H2,1H3,(H,30,33). The van der Waals surface area contributed by atoms with Gasteiger partial charge in [-0.1, -0.05) is 6.42 Å². The summed E-state index contributed by atoms with van der Waals surface area (Å²) in [4.78, 5) is 15.0. The molecule has 0 bridgehead atoms. The van der Waals surface area contributed by atoms with Crippen molar-refractivity contribution in [2.75, 3.05) is 31.6 Å². The molecule has 0 radical (unpaired) electrons. The Morgan fingerprint density at radius 1 is 1.06 bits per heavy atom. The monoisotopic (exact) mass is 472 g/mol. The zero-order valence-electron chi connectivity index (χ0n) is 18.9. The van der Waals surface area contributed by atoms with Crippen molar-refractivity contribution in [3.8, 4) is 17.0 Å². The minimum atomic E-state index is -4.45. The lowest BCUT2D eigenvalue weighted by atomic mass is 10.1. The zero-order chi connectivity index (χ0) is 24.1. The lowest BCUT2D eigenvalue weighted by Crippen LogP contribution is -2.33. The van der Waals surface area contributed by atoms with Crippen LogP contribution in [0.3, 0.4) is 0 Å². The molecule has 0 saturated carbocycles. The molecule has 0 atom stereocenters. The third-order valence-corrected chi connectivity index (χ3v) is 5.92. The molecule has 0 aliphatic carbocycles. The first kappa shape index (κ1) is 23.8. The second-order valence-corrected chi connectivity index (χ2v) is 8.33. The van der Waals surface area contributed by atoms with E-state index in [0.717, 1.165) is 55.2 Å². The molecule has 1 amide bonds. The molecule has 1 aliphatic rings. The maximum absolute atomic E-state index is 12.8. The summed E-state index contributed by atoms with van der Waals surface area (Å²) in [5, 5.41) is 6.99. The van der Waals surface area contributed by atoms with Gasteiger partial charge < -0.3 is 10.1 Å². The van der Waals surface area contributed by atoms with E-state index < -0.39 is 17.6 Å². The number of ether oxygens (including phenoxy) is 1. The van der Waals surface area contributed by atoms with Crippen molar-refractivity contribution in [2.45, 2.75) is 25.4 Å². The summed E-state index contributed by atoms with van der Waals surface area (Å²) in [5.41, 5.74) is 1.43. The van der Waals surface area contributed by atoms with Crippen molar-refractivity contribution < 1.29 is 22.7 Å². The summed E-state index contributed by atoms with van der Waals surface area (Å²) >= 11 is 0. The van der Waals surface area contributed by atoms with Crippen LogP contribution >= 0.6 is 0 Å². The van der Waals surface area contributed by atoms with Gasteiger partial charge in [0.05, 0.1) is 11.3 Å². The molecule has 1 N–H and O–H groups in total. The normalized spacial score (nSPS) is 14.7. The first-order valence-electron chi connectivity index (χ1n) is 11.3. The predicted octanol–water partition coefficient (Wildman–Crippen LogP) is 5.22. The van der Waals surface area contributed by atoms with E-state index in [4.69, 9.17) is 4.74 Å². The van der Waals surface area contributed by atoms with Crippen LogP contribution in [0.5, 0.6) is 5.75 Å². The van der Waals surface area contributed by atoms with Crippen LogP contribution < -0.4 is 10.1 Å². The minimum absolute atomic E-state index is 0.136. The Hall–Kier alpha value is -3.33. The maximum Gasteiger partial charge on any atom is 0.416 e. The highest BCUT2D eigenvalue weighted by atomic mass is 19.4. The number of hydrogen-bond donors (Lipinski definition) is 1. The van der Waals surface area contributed by atoms with Crippen molar-refractivity contribution in [2.24, 2.45) is 7.05 Å². The lowest BCUT2D eigenvalue weighted by molar-refractivity contribution is -0.137. The van der Waals surface area contributed by atoms with E-state index in [1.165, 1.54) is 19.3 Å². The Balaban J connectivity index is 1.49. The van der Waals surface area contributed by atoms with E-state index >= 15 is 0 Å². The number of carbonyl (C=O) groups excluding carboxylic acids is 1. The number of nitrogens with zero attached hydrogens (tertiary/aromatic N) is 3. The van der Waals surface area contributed by atoms with E-state index in [0.29, 0.717) is 18.0 Å². The molecule has 9 heteroatoms. The Morgan fingerprint density at radius 3 is 2.44 bits per heavy atom. The number of nitrogens with one attached hydrogen (secondary N) is 1. The number of hydrogen-bond acceptors (Lipinski definition) is 4. The highest BCUT2D eigenvalue weighted by Crippen LogP contribution is 2.33. The van der Waals surface area contributed by atoms with Crippen LogP contribution in [0, 0.1) is 0 Å². The average molecular weight is 473 g/mol. The average Bonchev–Trinajstić information content (AvgIpc) is 3.25. The number of halogens is 3. The fraction of sp³-hybridized carbons (Fsp3) is 0.360. The van der Waals surface area contributed by atoms with E-state index in [-0.39, 0.29) is 5.56 Å². The van der Waals surface area contributed by atoms with Gasteiger partial charge in [-0.25, -0.2) is 0 Å². The maximum atomic E-state index is 12.8. The molecule has 3 aromatic rings. The smallest absolute Gasteiger partial charge is 0.416 e. The van der Waals surface area contributed by atoms with Crippen molar-refractivity contribution in [3.63, 3.8) is 0 Å². The lowest BCUT2D eigenvalue weighted by Gasteiger charge is -2.26. The molecule has 2 aromatic carbocycles. The molecule has 0 unspecified atom stereocenters. The van der Waals surface area contributed by atoms with Crippen LogP contribution in [0.2, 0.25) is 0 Å². The topological polar surface area (TPSA) is 59.4 Å². The fourth-order valence-electron chi connectivity index (χ4n) is 4.05. The van der Waals surface area contributed by atoms with E-state index in [2.05, 4.69) is 15.3 Å². The van der Waals surface area contributed by atoms with E-state index in [9.17, 15) is 18.0 Å². The van der Waals surface area contributed by atoms with Gasteiger partial charge in [0.25, 0.3) is 5.91 Å². The molecule has 2 heterocycles. The molecule has 0 spiro atoms. The van der Waals surface area contributed by atoms with Crippen molar-refractivity contribution in [3.05, 3.63) is 65.9 Å². The Labute approximate surface area is 196 Å². The van der Waals surface area contributed by atoms with Crippen LogP contribution in [0.1, 0.15) is 35.2 Å². The van der Waals surface area contributed by atoms with Gasteiger partial charge in [0.1, 0.15) is 12.4 Å². The van der Waals surface area contributed by atoms with Gasteiger partial charge in [-0.15, -0.1) is 0 Å². The highest BCUT2D eigenvalue weighted by molar-refractivity contribution is 6.04. The Bertz CT molecular complexity index is 1120. The van der Waals surface area contributed by atoms with Gasteiger partial charge in [-0.3, -0.25) is 14.4 Å². The number of piperidine rings is 1. The molecule has 4 rings (SSSR count). The van der Waals surface area contributed by atoms with Gasteiger partial charge in [0.15, 0.2) is 0 Å². The number of alkyl halides is 3. The molecule has 1 aliphatic heterocycles. The summed E-state index contributed by atoms with van der Waals surface area (Å²) in [7, 11) is 1.82. The Kier molecular flexibility index (Phi) is 7.21. The quantitative estimate of drug-likeness (QED) is 0.512. The number of benzene rings is 2. The number of carbonyl (C=O) groups is 1. The number of aromatic nitrogens is 2. The van der Waals surface area contributed by atoms with Gasteiger partial charge in [0.2, 0.25) is 0 Å². The second kappa shape index (κ2) is 10.3. The Morgan fingerprint density at radius 2 is 1.79 bits per heavy atom. The van der Waals surface area contributed by atoms with Gasteiger partial charge in [-0.05, 0) is 74.5 Å². The number of aryl methyl sites for hydroxylation is 1. The second-order valence-electron chi connectivity index (χ2n) is 8.33.